The fraction of sp³-hybridized carbons (Fsp3) is 0.333. The SMILES string of the molecule is OCc1cc([C@@H](O)CNCCc2ccc(OCCCCc3ccccc3)cc2)ccc1O. The Kier molecular flexibility index (Phi) is 9.57. The van der Waals surface area contributed by atoms with Crippen molar-refractivity contribution in [2.75, 3.05) is 19.7 Å². The molecule has 3 rings (SSSR count). The minimum absolute atomic E-state index is 0.0380. The number of aliphatic hydroxyl groups excluding tert-OH is 2. The summed E-state index contributed by atoms with van der Waals surface area (Å²) in [6.07, 6.45) is 3.38. The van der Waals surface area contributed by atoms with Gasteiger partial charge in [0.15, 0.2) is 0 Å². The molecule has 3 aromatic rings. The summed E-state index contributed by atoms with van der Waals surface area (Å²) in [6.45, 7) is 1.61. The van der Waals surface area contributed by atoms with Crippen molar-refractivity contribution in [2.45, 2.75) is 38.4 Å². The largest absolute Gasteiger partial charge is 0.508 e. The van der Waals surface area contributed by atoms with Crippen molar-refractivity contribution in [3.8, 4) is 11.5 Å². The third-order valence-electron chi connectivity index (χ3n) is 5.48. The highest BCUT2D eigenvalue weighted by atomic mass is 16.5. The van der Waals surface area contributed by atoms with E-state index in [0.29, 0.717) is 17.7 Å². The zero-order valence-electron chi connectivity index (χ0n) is 18.4. The Morgan fingerprint density at radius 1 is 0.844 bits per heavy atom. The normalized spacial score (nSPS) is 11.9. The van der Waals surface area contributed by atoms with Gasteiger partial charge in [-0.05, 0) is 73.2 Å². The molecule has 5 nitrogen and oxygen atoms in total. The number of aromatic hydroxyl groups is 1. The predicted octanol–water partition coefficient (Wildman–Crippen LogP) is 4.15. The van der Waals surface area contributed by atoms with Crippen LogP contribution in [0.15, 0.2) is 72.8 Å². The molecule has 1 atom stereocenters. The van der Waals surface area contributed by atoms with E-state index >= 15 is 0 Å². The minimum atomic E-state index is -0.696. The molecule has 0 aliphatic heterocycles. The van der Waals surface area contributed by atoms with Crippen molar-refractivity contribution < 1.29 is 20.1 Å². The second-order valence-corrected chi connectivity index (χ2v) is 7.95. The fourth-order valence-corrected chi connectivity index (χ4v) is 3.55. The predicted molar refractivity (Wildman–Crippen MR) is 127 cm³/mol. The number of hydrogen-bond acceptors (Lipinski definition) is 5. The molecule has 0 unspecified atom stereocenters. The first kappa shape index (κ1) is 23.8. The molecule has 0 heterocycles. The smallest absolute Gasteiger partial charge is 0.121 e. The van der Waals surface area contributed by atoms with Gasteiger partial charge in [-0.3, -0.25) is 0 Å². The lowest BCUT2D eigenvalue weighted by Gasteiger charge is -2.14. The average molecular weight is 436 g/mol. The van der Waals surface area contributed by atoms with Crippen LogP contribution >= 0.6 is 0 Å². The van der Waals surface area contributed by atoms with Crippen LogP contribution in [-0.2, 0) is 19.4 Å². The number of rotatable bonds is 13. The van der Waals surface area contributed by atoms with E-state index in [2.05, 4.69) is 41.7 Å². The highest BCUT2D eigenvalue weighted by Gasteiger charge is 2.10. The summed E-state index contributed by atoms with van der Waals surface area (Å²) in [6, 6.07) is 23.5. The van der Waals surface area contributed by atoms with Crippen LogP contribution in [0.5, 0.6) is 11.5 Å². The van der Waals surface area contributed by atoms with Crippen LogP contribution in [0, 0.1) is 0 Å². The lowest BCUT2D eigenvalue weighted by Crippen LogP contribution is -2.23. The van der Waals surface area contributed by atoms with Gasteiger partial charge in [-0.1, -0.05) is 48.5 Å². The molecule has 0 radical (unpaired) electrons. The van der Waals surface area contributed by atoms with Crippen LogP contribution in [0.2, 0.25) is 0 Å². The Morgan fingerprint density at radius 3 is 2.34 bits per heavy atom. The van der Waals surface area contributed by atoms with E-state index in [-0.39, 0.29) is 12.4 Å². The fourth-order valence-electron chi connectivity index (χ4n) is 3.55. The topological polar surface area (TPSA) is 82.0 Å². The van der Waals surface area contributed by atoms with Crippen molar-refractivity contribution in [2.24, 2.45) is 0 Å². The quantitative estimate of drug-likeness (QED) is 0.303. The Hall–Kier alpha value is -2.86. The molecule has 5 heteroatoms. The first-order chi connectivity index (χ1) is 15.7. The molecule has 170 valence electrons. The summed E-state index contributed by atoms with van der Waals surface area (Å²) >= 11 is 0. The standard InChI is InChI=1S/C27H33NO4/c29-20-24-18-23(11-14-26(24)30)27(31)19-28-16-15-22-9-12-25(13-10-22)32-17-5-4-8-21-6-2-1-3-7-21/h1-3,6-7,9-14,18,27-31H,4-5,8,15-17,19-20H2/t27-/m0/s1. The Bertz CT molecular complexity index is 928. The monoisotopic (exact) mass is 435 g/mol. The van der Waals surface area contributed by atoms with Gasteiger partial charge in [0.2, 0.25) is 0 Å². The van der Waals surface area contributed by atoms with E-state index in [0.717, 1.165) is 44.6 Å². The van der Waals surface area contributed by atoms with E-state index < -0.39 is 6.10 Å². The van der Waals surface area contributed by atoms with E-state index in [9.17, 15) is 15.3 Å². The zero-order valence-corrected chi connectivity index (χ0v) is 18.4. The number of unbranched alkanes of at least 4 members (excludes halogenated alkanes) is 1. The van der Waals surface area contributed by atoms with Gasteiger partial charge in [-0.25, -0.2) is 0 Å². The molecule has 0 aliphatic carbocycles. The number of aryl methyl sites for hydroxylation is 1. The number of ether oxygens (including phenoxy) is 1. The maximum Gasteiger partial charge on any atom is 0.121 e. The van der Waals surface area contributed by atoms with E-state index in [4.69, 9.17) is 4.74 Å². The summed E-state index contributed by atoms with van der Waals surface area (Å²) in [7, 11) is 0. The number of aliphatic hydroxyl groups is 2. The minimum Gasteiger partial charge on any atom is -0.508 e. The number of phenols is 1. The van der Waals surface area contributed by atoms with Gasteiger partial charge >= 0.3 is 0 Å². The van der Waals surface area contributed by atoms with Crippen LogP contribution < -0.4 is 10.1 Å². The number of benzene rings is 3. The molecule has 0 aliphatic rings. The Morgan fingerprint density at radius 2 is 1.59 bits per heavy atom. The molecule has 4 N–H and O–H groups in total. The molecule has 32 heavy (non-hydrogen) atoms. The summed E-state index contributed by atoms with van der Waals surface area (Å²) in [5.41, 5.74) is 3.66. The zero-order chi connectivity index (χ0) is 22.6. The Labute approximate surface area is 190 Å². The number of nitrogens with one attached hydrogen (secondary N) is 1. The first-order valence-corrected chi connectivity index (χ1v) is 11.2. The molecule has 0 aromatic heterocycles. The highest BCUT2D eigenvalue weighted by molar-refractivity contribution is 5.36. The van der Waals surface area contributed by atoms with Crippen molar-refractivity contribution in [1.29, 1.82) is 0 Å². The van der Waals surface area contributed by atoms with Crippen LogP contribution in [0.25, 0.3) is 0 Å². The van der Waals surface area contributed by atoms with Crippen LogP contribution in [-0.4, -0.2) is 35.0 Å². The molecule has 0 bridgehead atoms. The van der Waals surface area contributed by atoms with Crippen molar-refractivity contribution in [1.82, 2.24) is 5.32 Å². The van der Waals surface area contributed by atoms with E-state index in [1.807, 2.05) is 18.2 Å². The lowest BCUT2D eigenvalue weighted by atomic mass is 10.1. The van der Waals surface area contributed by atoms with E-state index in [1.165, 1.54) is 17.2 Å². The Balaban J connectivity index is 1.30. The van der Waals surface area contributed by atoms with Crippen LogP contribution in [0.4, 0.5) is 0 Å². The van der Waals surface area contributed by atoms with E-state index in [1.54, 1.807) is 12.1 Å². The summed E-state index contributed by atoms with van der Waals surface area (Å²) in [5, 5.41) is 32.4. The van der Waals surface area contributed by atoms with Gasteiger partial charge in [0.1, 0.15) is 11.5 Å². The third kappa shape index (κ3) is 7.68. The first-order valence-electron chi connectivity index (χ1n) is 11.2. The maximum absolute atomic E-state index is 10.3. The summed E-state index contributed by atoms with van der Waals surface area (Å²) < 4.78 is 5.85. The third-order valence-corrected chi connectivity index (χ3v) is 5.48. The summed E-state index contributed by atoms with van der Waals surface area (Å²) in [5.74, 6) is 0.930. The molecule has 0 amide bonds. The molecule has 0 saturated heterocycles. The second-order valence-electron chi connectivity index (χ2n) is 7.95. The molecule has 0 spiro atoms. The highest BCUT2D eigenvalue weighted by Crippen LogP contribution is 2.22. The second kappa shape index (κ2) is 12.9. The van der Waals surface area contributed by atoms with Crippen LogP contribution in [0.1, 0.15) is 41.2 Å². The molecule has 3 aromatic carbocycles. The van der Waals surface area contributed by atoms with Gasteiger partial charge in [0.05, 0.1) is 19.3 Å². The lowest BCUT2D eigenvalue weighted by molar-refractivity contribution is 0.174. The van der Waals surface area contributed by atoms with Gasteiger partial charge in [-0.2, -0.15) is 0 Å². The van der Waals surface area contributed by atoms with Gasteiger partial charge in [0.25, 0.3) is 0 Å². The average Bonchev–Trinajstić information content (AvgIpc) is 2.83. The maximum atomic E-state index is 10.3. The van der Waals surface area contributed by atoms with Gasteiger partial charge in [0, 0.05) is 12.1 Å². The molecular formula is C27H33NO4. The summed E-state index contributed by atoms with van der Waals surface area (Å²) in [4.78, 5) is 0. The van der Waals surface area contributed by atoms with Gasteiger partial charge < -0.3 is 25.4 Å². The molecule has 0 saturated carbocycles. The molecule has 0 fully saturated rings. The number of hydrogen-bond donors (Lipinski definition) is 4. The van der Waals surface area contributed by atoms with Crippen LogP contribution in [0.3, 0.4) is 0 Å². The van der Waals surface area contributed by atoms with Crippen molar-refractivity contribution >= 4 is 0 Å². The van der Waals surface area contributed by atoms with Crippen molar-refractivity contribution in [3.05, 3.63) is 95.1 Å². The molecular weight excluding hydrogens is 402 g/mol. The van der Waals surface area contributed by atoms with Gasteiger partial charge in [-0.15, -0.1) is 0 Å². The van der Waals surface area contributed by atoms with Crippen molar-refractivity contribution in [3.63, 3.8) is 0 Å².